The minimum Gasteiger partial charge on any atom is -0.550 e. The molecule has 2 aromatic rings. The van der Waals surface area contributed by atoms with Crippen LogP contribution >= 0.6 is 0 Å². The van der Waals surface area contributed by atoms with Crippen molar-refractivity contribution in [2.24, 2.45) is 0 Å². The second kappa shape index (κ2) is 12.7. The van der Waals surface area contributed by atoms with Crippen molar-refractivity contribution < 1.29 is 24.7 Å². The number of anilines is 1. The number of carboxylic acid groups (broad SMARTS) is 1. The van der Waals surface area contributed by atoms with Crippen LogP contribution in [0.15, 0.2) is 48.5 Å². The summed E-state index contributed by atoms with van der Waals surface area (Å²) in [6.45, 7) is 12.6. The zero-order valence-corrected chi connectivity index (χ0v) is 18.1. The largest absolute Gasteiger partial charge is 0.550 e. The number of hydrogen-bond acceptors (Lipinski definition) is 3. The van der Waals surface area contributed by atoms with E-state index in [1.165, 1.54) is 5.56 Å². The summed E-state index contributed by atoms with van der Waals surface area (Å²) < 4.78 is 0.765. The van der Waals surface area contributed by atoms with E-state index < -0.39 is 5.97 Å². The van der Waals surface area contributed by atoms with Crippen LogP contribution in [0.25, 0.3) is 0 Å². The Balaban J connectivity index is 0.00000143. The highest BCUT2D eigenvalue weighted by atomic mass is 16.4. The van der Waals surface area contributed by atoms with Gasteiger partial charge >= 0.3 is 0 Å². The highest BCUT2D eigenvalue weighted by Crippen LogP contribution is 2.20. The van der Waals surface area contributed by atoms with Gasteiger partial charge in [-0.15, -0.1) is 0 Å². The van der Waals surface area contributed by atoms with Crippen molar-refractivity contribution in [1.82, 2.24) is 0 Å². The van der Waals surface area contributed by atoms with E-state index in [1.807, 2.05) is 38.1 Å². The van der Waals surface area contributed by atoms with E-state index in [1.54, 1.807) is 0 Å². The number of carbonyl (C=O) groups is 2. The molecule has 2 aromatic carbocycles. The van der Waals surface area contributed by atoms with Gasteiger partial charge in [-0.2, -0.15) is 0 Å². The van der Waals surface area contributed by atoms with Gasteiger partial charge in [-0.3, -0.25) is 4.79 Å². The molecule has 0 unspecified atom stereocenters. The number of nitrogens with zero attached hydrogens (tertiary/aromatic N) is 1. The molecule has 0 saturated carbocycles. The monoisotopic (exact) mass is 402 g/mol. The molecule has 6 nitrogen and oxygen atoms in total. The Hall–Kier alpha value is -2.70. The zero-order chi connectivity index (χ0) is 21.2. The molecule has 0 spiro atoms. The van der Waals surface area contributed by atoms with Gasteiger partial charge in [-0.25, -0.2) is 0 Å². The van der Waals surface area contributed by atoms with Crippen molar-refractivity contribution in [3.05, 3.63) is 65.2 Å². The lowest BCUT2D eigenvalue weighted by molar-refractivity contribution is -0.930. The fraction of sp³-hybridized carbons (Fsp3) is 0.391. The van der Waals surface area contributed by atoms with Gasteiger partial charge in [0, 0.05) is 17.2 Å². The molecule has 0 atom stereocenters. The number of carboxylic acids is 1. The summed E-state index contributed by atoms with van der Waals surface area (Å²) >= 11 is 0. The molecule has 0 radical (unpaired) electrons. The van der Waals surface area contributed by atoms with Crippen LogP contribution in [0.5, 0.6) is 0 Å². The number of rotatable bonds is 7. The summed E-state index contributed by atoms with van der Waals surface area (Å²) in [5.41, 5.74) is 4.45. The van der Waals surface area contributed by atoms with Crippen LogP contribution in [0.3, 0.4) is 0 Å². The first kappa shape index (κ1) is 26.3. The smallest absolute Gasteiger partial charge is 0.279 e. The molecule has 0 bridgehead atoms. The lowest BCUT2D eigenvalue weighted by Gasteiger charge is -2.36. The molecule has 2 rings (SSSR count). The van der Waals surface area contributed by atoms with Gasteiger partial charge in [0.25, 0.3) is 5.91 Å². The Morgan fingerprint density at radius 2 is 1.41 bits per heavy atom. The summed E-state index contributed by atoms with van der Waals surface area (Å²) in [6, 6.07) is 16.5. The van der Waals surface area contributed by atoms with E-state index in [0.717, 1.165) is 47.9 Å². The maximum Gasteiger partial charge on any atom is 0.279 e. The highest BCUT2D eigenvalue weighted by Gasteiger charge is 2.27. The average Bonchev–Trinajstić information content (AvgIpc) is 2.64. The first-order chi connectivity index (χ1) is 13.2. The quantitative estimate of drug-likeness (QED) is 0.719. The molecule has 160 valence electrons. The van der Waals surface area contributed by atoms with Crippen LogP contribution in [-0.2, 0) is 16.1 Å². The summed E-state index contributed by atoms with van der Waals surface area (Å²) in [5.74, 6) is -0.993. The Kier molecular flexibility index (Phi) is 11.5. The molecular weight excluding hydrogens is 368 g/mol. The SMILES string of the molecule is CC(=O)[O-].CC[N+](CC)(CC(=O)Nc1c(C)cccc1C)Cc1ccccc1.O. The van der Waals surface area contributed by atoms with Gasteiger partial charge in [-0.05, 0) is 45.7 Å². The Morgan fingerprint density at radius 3 is 1.86 bits per heavy atom. The third kappa shape index (κ3) is 8.89. The van der Waals surface area contributed by atoms with Crippen molar-refractivity contribution in [3.8, 4) is 0 Å². The summed E-state index contributed by atoms with van der Waals surface area (Å²) in [4.78, 5) is 21.6. The van der Waals surface area contributed by atoms with Crippen LogP contribution in [0.4, 0.5) is 5.69 Å². The summed E-state index contributed by atoms with van der Waals surface area (Å²) in [7, 11) is 0. The fourth-order valence-corrected chi connectivity index (χ4v) is 3.19. The average molecular weight is 403 g/mol. The fourth-order valence-electron chi connectivity index (χ4n) is 3.19. The van der Waals surface area contributed by atoms with Crippen molar-refractivity contribution in [2.45, 2.75) is 41.2 Å². The third-order valence-electron chi connectivity index (χ3n) is 4.93. The number of hydrogen-bond donors (Lipinski definition) is 1. The molecule has 0 saturated heterocycles. The topological polar surface area (TPSA) is 101 Å². The minimum atomic E-state index is -1.08. The van der Waals surface area contributed by atoms with Crippen LogP contribution in [0.1, 0.15) is 37.5 Å². The number of nitrogens with one attached hydrogen (secondary N) is 1. The molecule has 0 aromatic heterocycles. The number of quaternary nitrogens is 1. The molecular formula is C23H34N2O4. The van der Waals surface area contributed by atoms with Crippen molar-refractivity contribution in [3.63, 3.8) is 0 Å². The van der Waals surface area contributed by atoms with Crippen molar-refractivity contribution in [1.29, 1.82) is 0 Å². The van der Waals surface area contributed by atoms with Crippen LogP contribution in [0.2, 0.25) is 0 Å². The van der Waals surface area contributed by atoms with E-state index in [0.29, 0.717) is 6.54 Å². The molecule has 1 amide bonds. The Morgan fingerprint density at radius 1 is 0.931 bits per heavy atom. The number of amides is 1. The molecule has 0 aliphatic carbocycles. The lowest BCUT2D eigenvalue weighted by Crippen LogP contribution is -2.51. The van der Waals surface area contributed by atoms with E-state index >= 15 is 0 Å². The van der Waals surface area contributed by atoms with Crippen molar-refractivity contribution >= 4 is 17.6 Å². The number of para-hydroxylation sites is 1. The number of benzene rings is 2. The molecule has 3 N–H and O–H groups in total. The Bertz CT molecular complexity index is 747. The van der Waals surface area contributed by atoms with E-state index in [9.17, 15) is 4.79 Å². The zero-order valence-electron chi connectivity index (χ0n) is 18.1. The summed E-state index contributed by atoms with van der Waals surface area (Å²) in [5, 5.41) is 12.0. The van der Waals surface area contributed by atoms with Gasteiger partial charge in [0.05, 0.1) is 13.1 Å². The standard InChI is InChI=1S/C21H28N2O.C2H4O2.H2O/c1-5-23(6-2,15-19-13-8-7-9-14-19)16-20(24)22-21-17(3)11-10-12-18(21)4;1-2(3)4;/h7-14H,5-6,15-16H2,1-4H3;1H3,(H,3,4);1H2. The van der Waals surface area contributed by atoms with Crippen LogP contribution in [-0.4, -0.2) is 41.5 Å². The number of aliphatic carboxylic acids is 1. The second-order valence-corrected chi connectivity index (χ2v) is 7.08. The predicted molar refractivity (Wildman–Crippen MR) is 115 cm³/mol. The normalized spacial score (nSPS) is 10.2. The van der Waals surface area contributed by atoms with Crippen LogP contribution in [0, 0.1) is 13.8 Å². The van der Waals surface area contributed by atoms with Gasteiger partial charge in [0.15, 0.2) is 6.54 Å². The lowest BCUT2D eigenvalue weighted by atomic mass is 10.1. The number of aryl methyl sites for hydroxylation is 2. The highest BCUT2D eigenvalue weighted by molar-refractivity contribution is 5.93. The first-order valence-electron chi connectivity index (χ1n) is 9.65. The first-order valence-corrected chi connectivity index (χ1v) is 9.65. The number of likely N-dealkylation sites (N-methyl/N-ethyl adjacent to an activating group) is 1. The molecule has 29 heavy (non-hydrogen) atoms. The van der Waals surface area contributed by atoms with Gasteiger partial charge < -0.3 is 25.2 Å². The Labute approximate surface area is 174 Å². The maximum atomic E-state index is 12.7. The molecule has 0 aliphatic rings. The maximum absolute atomic E-state index is 12.7. The number of carbonyl (C=O) groups excluding carboxylic acids is 2. The predicted octanol–water partition coefficient (Wildman–Crippen LogP) is 2.23. The van der Waals surface area contributed by atoms with E-state index in [2.05, 4.69) is 43.4 Å². The molecule has 0 fully saturated rings. The van der Waals surface area contributed by atoms with Gasteiger partial charge in [0.1, 0.15) is 6.54 Å². The molecule has 0 aliphatic heterocycles. The third-order valence-corrected chi connectivity index (χ3v) is 4.93. The van der Waals surface area contributed by atoms with E-state index in [-0.39, 0.29) is 11.4 Å². The molecule has 6 heteroatoms. The minimum absolute atomic E-state index is 0. The van der Waals surface area contributed by atoms with Crippen molar-refractivity contribution in [2.75, 3.05) is 25.0 Å². The van der Waals surface area contributed by atoms with Gasteiger partial charge in [0.2, 0.25) is 0 Å². The van der Waals surface area contributed by atoms with Gasteiger partial charge in [-0.1, -0.05) is 48.5 Å². The summed E-state index contributed by atoms with van der Waals surface area (Å²) in [6.07, 6.45) is 0. The van der Waals surface area contributed by atoms with Crippen LogP contribution < -0.4 is 10.4 Å². The molecule has 0 heterocycles. The second-order valence-electron chi connectivity index (χ2n) is 7.08. The van der Waals surface area contributed by atoms with E-state index in [4.69, 9.17) is 9.90 Å².